The van der Waals surface area contributed by atoms with Crippen LogP contribution < -0.4 is 15.9 Å². The Morgan fingerprint density at radius 2 is 2.39 bits per heavy atom. The van der Waals surface area contributed by atoms with E-state index in [0.29, 0.717) is 0 Å². The molecule has 0 amide bonds. The van der Waals surface area contributed by atoms with Crippen LogP contribution in [0.25, 0.3) is 0 Å². The van der Waals surface area contributed by atoms with E-state index in [4.69, 9.17) is 10.5 Å². The van der Waals surface area contributed by atoms with Gasteiger partial charge < -0.3 is 10.5 Å². The molecule has 0 aliphatic heterocycles. The van der Waals surface area contributed by atoms with Crippen molar-refractivity contribution in [1.82, 2.24) is 5.43 Å². The van der Waals surface area contributed by atoms with Crippen molar-refractivity contribution in [3.05, 3.63) is 33.6 Å². The molecule has 18 heavy (non-hydrogen) atoms. The summed E-state index contributed by atoms with van der Waals surface area (Å²) in [6.45, 7) is 0. The molecule has 0 unspecified atom stereocenters. The number of nitro benzene ring substituents is 1. The first-order valence-corrected chi connectivity index (χ1v) is 4.97. The van der Waals surface area contributed by atoms with Gasteiger partial charge in [-0.3, -0.25) is 15.5 Å². The summed E-state index contributed by atoms with van der Waals surface area (Å²) in [5.41, 5.74) is 6.86. The van der Waals surface area contributed by atoms with E-state index in [-0.39, 0.29) is 22.1 Å². The van der Waals surface area contributed by atoms with Crippen LogP contribution in [0.3, 0.4) is 0 Å². The quantitative estimate of drug-likeness (QED) is 0.365. The number of nitrogens with two attached hydrogens (primary N) is 1. The molecule has 1 rings (SSSR count). The van der Waals surface area contributed by atoms with Crippen molar-refractivity contribution in [2.75, 3.05) is 7.11 Å². The highest BCUT2D eigenvalue weighted by Gasteiger charge is 2.18. The first-order chi connectivity index (χ1) is 8.45. The van der Waals surface area contributed by atoms with Gasteiger partial charge in [-0.05, 0) is 12.2 Å². The lowest BCUT2D eigenvalue weighted by atomic mass is 10.2. The normalized spacial score (nSPS) is 10.3. The topological polar surface area (TPSA) is 103 Å². The zero-order valence-corrected chi connectivity index (χ0v) is 10.0. The molecule has 1 aromatic rings. The molecule has 0 bridgehead atoms. The SMILES string of the molecule is COc1cc(F)c(C=NNC(N)=S)cc1[N+](=O)[O-]. The number of nitro groups is 1. The number of ether oxygens (including phenoxy) is 1. The maximum atomic E-state index is 13.5. The molecule has 96 valence electrons. The highest BCUT2D eigenvalue weighted by Crippen LogP contribution is 2.28. The summed E-state index contributed by atoms with van der Waals surface area (Å²) >= 11 is 4.48. The number of thiocarbonyl (C=S) groups is 1. The van der Waals surface area contributed by atoms with Crippen molar-refractivity contribution in [1.29, 1.82) is 0 Å². The molecule has 0 radical (unpaired) electrons. The predicted octanol–water partition coefficient (Wildman–Crippen LogP) is 0.910. The van der Waals surface area contributed by atoms with E-state index in [1.807, 2.05) is 0 Å². The molecule has 0 aliphatic rings. The van der Waals surface area contributed by atoms with Crippen LogP contribution >= 0.6 is 12.2 Å². The van der Waals surface area contributed by atoms with Crippen molar-refractivity contribution in [2.24, 2.45) is 10.8 Å². The molecule has 0 fully saturated rings. The summed E-state index contributed by atoms with van der Waals surface area (Å²) in [4.78, 5) is 10.0. The number of methoxy groups -OCH3 is 1. The second kappa shape index (κ2) is 5.87. The second-order valence-corrected chi connectivity index (χ2v) is 3.48. The first kappa shape index (κ1) is 13.8. The number of hydrogen-bond acceptors (Lipinski definition) is 5. The third-order valence-corrected chi connectivity index (χ3v) is 1.96. The van der Waals surface area contributed by atoms with Gasteiger partial charge >= 0.3 is 5.69 Å². The smallest absolute Gasteiger partial charge is 0.311 e. The molecule has 9 heteroatoms. The summed E-state index contributed by atoms with van der Waals surface area (Å²) in [7, 11) is 1.21. The van der Waals surface area contributed by atoms with Gasteiger partial charge in [-0.1, -0.05) is 0 Å². The number of nitrogens with zero attached hydrogens (tertiary/aromatic N) is 2. The lowest BCUT2D eigenvalue weighted by Crippen LogP contribution is -2.24. The molecule has 1 aromatic carbocycles. The molecule has 0 atom stereocenters. The Morgan fingerprint density at radius 1 is 1.72 bits per heavy atom. The largest absolute Gasteiger partial charge is 0.490 e. The molecule has 0 spiro atoms. The second-order valence-electron chi connectivity index (χ2n) is 3.04. The molecule has 0 saturated heterocycles. The average Bonchev–Trinajstić information content (AvgIpc) is 2.29. The Morgan fingerprint density at radius 3 is 2.89 bits per heavy atom. The fourth-order valence-electron chi connectivity index (χ4n) is 1.13. The fraction of sp³-hybridized carbons (Fsp3) is 0.111. The van der Waals surface area contributed by atoms with Gasteiger partial charge in [0.1, 0.15) is 5.82 Å². The van der Waals surface area contributed by atoms with Crippen molar-refractivity contribution >= 4 is 29.2 Å². The van der Waals surface area contributed by atoms with Crippen LogP contribution in [-0.2, 0) is 0 Å². The lowest BCUT2D eigenvalue weighted by molar-refractivity contribution is -0.385. The highest BCUT2D eigenvalue weighted by molar-refractivity contribution is 7.80. The Kier molecular flexibility index (Phi) is 4.49. The van der Waals surface area contributed by atoms with E-state index in [9.17, 15) is 14.5 Å². The molecule has 3 N–H and O–H groups in total. The summed E-state index contributed by atoms with van der Waals surface area (Å²) in [6.07, 6.45) is 1.03. The average molecular weight is 272 g/mol. The standard InChI is InChI=1S/C9H9FN4O3S/c1-17-8-3-6(10)5(2-7(8)14(15)16)4-12-13-9(11)18/h2-4H,1H3,(H3,11,13,18). The molecular weight excluding hydrogens is 263 g/mol. The number of halogens is 1. The monoisotopic (exact) mass is 272 g/mol. The number of rotatable bonds is 4. The van der Waals surface area contributed by atoms with Crippen LogP contribution in [0.5, 0.6) is 5.75 Å². The van der Waals surface area contributed by atoms with Crippen LogP contribution in [0.2, 0.25) is 0 Å². The molecular formula is C9H9FN4O3S. The lowest BCUT2D eigenvalue weighted by Gasteiger charge is -2.03. The van der Waals surface area contributed by atoms with Gasteiger partial charge in [0.25, 0.3) is 0 Å². The molecule has 0 saturated carbocycles. The van der Waals surface area contributed by atoms with E-state index in [1.54, 1.807) is 0 Å². The van der Waals surface area contributed by atoms with Crippen LogP contribution in [0, 0.1) is 15.9 Å². The van der Waals surface area contributed by atoms with Crippen molar-refractivity contribution in [2.45, 2.75) is 0 Å². The van der Waals surface area contributed by atoms with Gasteiger partial charge in [0, 0.05) is 17.7 Å². The fourth-order valence-corrected chi connectivity index (χ4v) is 1.18. The predicted molar refractivity (Wildman–Crippen MR) is 67.1 cm³/mol. The molecule has 0 aliphatic carbocycles. The van der Waals surface area contributed by atoms with Gasteiger partial charge in [0.2, 0.25) is 0 Å². The van der Waals surface area contributed by atoms with E-state index >= 15 is 0 Å². The van der Waals surface area contributed by atoms with E-state index in [2.05, 4.69) is 22.7 Å². The third kappa shape index (κ3) is 3.35. The van der Waals surface area contributed by atoms with E-state index < -0.39 is 10.7 Å². The van der Waals surface area contributed by atoms with Crippen LogP contribution in [0.15, 0.2) is 17.2 Å². The van der Waals surface area contributed by atoms with Crippen molar-refractivity contribution in [3.8, 4) is 5.75 Å². The number of benzene rings is 1. The minimum Gasteiger partial charge on any atom is -0.490 e. The van der Waals surface area contributed by atoms with E-state index in [0.717, 1.165) is 18.3 Å². The van der Waals surface area contributed by atoms with Gasteiger partial charge in [-0.15, -0.1) is 0 Å². The minimum atomic E-state index is -0.717. The molecule has 0 aromatic heterocycles. The van der Waals surface area contributed by atoms with Gasteiger partial charge in [0.15, 0.2) is 10.9 Å². The van der Waals surface area contributed by atoms with Gasteiger partial charge in [-0.2, -0.15) is 5.10 Å². The van der Waals surface area contributed by atoms with Gasteiger partial charge in [0.05, 0.1) is 18.2 Å². The summed E-state index contributed by atoms with van der Waals surface area (Å²) < 4.78 is 18.2. The summed E-state index contributed by atoms with van der Waals surface area (Å²) in [5.74, 6) is -0.886. The first-order valence-electron chi connectivity index (χ1n) is 4.56. The third-order valence-electron chi connectivity index (χ3n) is 1.87. The van der Waals surface area contributed by atoms with Gasteiger partial charge in [-0.25, -0.2) is 4.39 Å². The number of nitrogens with one attached hydrogen (secondary N) is 1. The van der Waals surface area contributed by atoms with Crippen molar-refractivity contribution < 1.29 is 14.1 Å². The summed E-state index contributed by atoms with van der Waals surface area (Å²) in [5, 5.41) is 14.1. The highest BCUT2D eigenvalue weighted by atomic mass is 32.1. The minimum absolute atomic E-state index is 0.0914. The Balaban J connectivity index is 3.13. The Labute approximate surface area is 107 Å². The Bertz CT molecular complexity index is 521. The van der Waals surface area contributed by atoms with Crippen LogP contribution in [0.1, 0.15) is 5.56 Å². The van der Waals surface area contributed by atoms with Crippen LogP contribution in [-0.4, -0.2) is 23.4 Å². The number of hydrazone groups is 1. The maximum Gasteiger partial charge on any atom is 0.311 e. The molecule has 0 heterocycles. The Hall–Kier alpha value is -2.29. The molecule has 7 nitrogen and oxygen atoms in total. The maximum absolute atomic E-state index is 13.5. The zero-order valence-electron chi connectivity index (χ0n) is 9.21. The number of hydrogen-bond donors (Lipinski definition) is 2. The van der Waals surface area contributed by atoms with Crippen molar-refractivity contribution in [3.63, 3.8) is 0 Å². The van der Waals surface area contributed by atoms with E-state index in [1.165, 1.54) is 7.11 Å². The summed E-state index contributed by atoms with van der Waals surface area (Å²) in [6, 6.07) is 1.90. The van der Waals surface area contributed by atoms with Crippen LogP contribution in [0.4, 0.5) is 10.1 Å². The zero-order chi connectivity index (χ0) is 13.7.